The van der Waals surface area contributed by atoms with Gasteiger partial charge in [0.15, 0.2) is 0 Å². The van der Waals surface area contributed by atoms with Crippen LogP contribution in [0.4, 0.5) is 0 Å². The van der Waals surface area contributed by atoms with Gasteiger partial charge in [0.2, 0.25) is 0 Å². The summed E-state index contributed by atoms with van der Waals surface area (Å²) in [6, 6.07) is 6.95. The molecule has 3 rings (SSSR count). The fraction of sp³-hybridized carbons (Fsp3) is 0.471. The number of hydrogen-bond acceptors (Lipinski definition) is 1. The molecule has 1 aromatic heterocycles. The molecule has 0 saturated carbocycles. The molecule has 2 nitrogen and oxygen atoms in total. The van der Waals surface area contributed by atoms with Gasteiger partial charge in [-0.05, 0) is 58.8 Å². The van der Waals surface area contributed by atoms with Crippen molar-refractivity contribution >= 4 is 26.8 Å². The van der Waals surface area contributed by atoms with Gasteiger partial charge in [-0.25, -0.2) is 0 Å². The molecule has 0 N–H and O–H groups in total. The van der Waals surface area contributed by atoms with E-state index in [1.54, 1.807) is 0 Å². The molecule has 1 aliphatic rings. The van der Waals surface area contributed by atoms with Gasteiger partial charge < -0.3 is 4.57 Å². The molecular formula is C17H19BrN2. The summed E-state index contributed by atoms with van der Waals surface area (Å²) in [7, 11) is 0. The van der Waals surface area contributed by atoms with E-state index < -0.39 is 0 Å². The lowest BCUT2D eigenvalue weighted by molar-refractivity contribution is 0.585. The lowest BCUT2D eigenvalue weighted by atomic mass is 9.87. The van der Waals surface area contributed by atoms with Crippen LogP contribution in [0, 0.1) is 24.2 Å². The zero-order valence-electron chi connectivity index (χ0n) is 12.2. The minimum Gasteiger partial charge on any atom is -0.343 e. The van der Waals surface area contributed by atoms with E-state index in [1.807, 2.05) is 0 Å². The first kappa shape index (κ1) is 13.7. The summed E-state index contributed by atoms with van der Waals surface area (Å²) in [5.74, 6) is 0.323. The monoisotopic (exact) mass is 330 g/mol. The van der Waals surface area contributed by atoms with Gasteiger partial charge >= 0.3 is 0 Å². The van der Waals surface area contributed by atoms with E-state index in [4.69, 9.17) is 0 Å². The van der Waals surface area contributed by atoms with Crippen LogP contribution in [0.5, 0.6) is 0 Å². The molecular weight excluding hydrogens is 312 g/mol. The average Bonchev–Trinajstić information content (AvgIpc) is 2.67. The lowest BCUT2D eigenvalue weighted by Gasteiger charge is -2.20. The van der Waals surface area contributed by atoms with Crippen molar-refractivity contribution in [3.05, 3.63) is 33.4 Å². The zero-order chi connectivity index (χ0) is 14.4. The highest BCUT2D eigenvalue weighted by atomic mass is 79.9. The predicted octanol–water partition coefficient (Wildman–Crippen LogP) is 4.92. The Morgan fingerprint density at radius 2 is 2.10 bits per heavy atom. The van der Waals surface area contributed by atoms with Crippen LogP contribution in [-0.4, -0.2) is 4.57 Å². The maximum Gasteiger partial charge on any atom is 0.0736 e. The average molecular weight is 331 g/mol. The van der Waals surface area contributed by atoms with E-state index in [9.17, 15) is 5.26 Å². The fourth-order valence-electron chi connectivity index (χ4n) is 3.37. The molecule has 1 aliphatic heterocycles. The van der Waals surface area contributed by atoms with Gasteiger partial charge in [-0.2, -0.15) is 5.26 Å². The second kappa shape index (κ2) is 4.93. The van der Waals surface area contributed by atoms with Gasteiger partial charge in [0.05, 0.1) is 17.5 Å². The smallest absolute Gasteiger partial charge is 0.0736 e. The third kappa shape index (κ3) is 1.90. The highest BCUT2D eigenvalue weighted by Crippen LogP contribution is 2.38. The lowest BCUT2D eigenvalue weighted by Crippen LogP contribution is -2.10. The van der Waals surface area contributed by atoms with E-state index in [2.05, 4.69) is 59.5 Å². The van der Waals surface area contributed by atoms with E-state index >= 15 is 0 Å². The third-order valence-corrected chi connectivity index (χ3v) is 5.43. The number of aromatic nitrogens is 1. The van der Waals surface area contributed by atoms with Crippen LogP contribution in [0.3, 0.4) is 0 Å². The SMILES string of the molecule is Cc1c(Br)c2cc(C(C#N)C(C)C)cc3c2n1CCC3. The Bertz CT molecular complexity index is 719. The number of nitrogens with zero attached hydrogens (tertiary/aromatic N) is 2. The van der Waals surface area contributed by atoms with Gasteiger partial charge in [0, 0.05) is 22.1 Å². The summed E-state index contributed by atoms with van der Waals surface area (Å²) >= 11 is 3.74. The maximum atomic E-state index is 9.46. The second-order valence-corrected chi connectivity index (χ2v) is 6.87. The Kier molecular flexibility index (Phi) is 3.38. The van der Waals surface area contributed by atoms with Crippen LogP contribution in [0.15, 0.2) is 16.6 Å². The third-order valence-electron chi connectivity index (χ3n) is 4.43. The normalized spacial score (nSPS) is 15.6. The Hall–Kier alpha value is -1.27. The Morgan fingerprint density at radius 1 is 1.35 bits per heavy atom. The Labute approximate surface area is 128 Å². The summed E-state index contributed by atoms with van der Waals surface area (Å²) in [5.41, 5.74) is 5.24. The molecule has 0 bridgehead atoms. The van der Waals surface area contributed by atoms with Crippen molar-refractivity contribution < 1.29 is 0 Å². The number of rotatable bonds is 2. The van der Waals surface area contributed by atoms with Crippen molar-refractivity contribution in [3.8, 4) is 6.07 Å². The number of halogens is 1. The quantitative estimate of drug-likeness (QED) is 0.768. The molecule has 1 atom stereocenters. The highest BCUT2D eigenvalue weighted by molar-refractivity contribution is 9.10. The molecule has 104 valence electrons. The summed E-state index contributed by atoms with van der Waals surface area (Å²) < 4.78 is 3.61. The molecule has 0 spiro atoms. The molecule has 2 heterocycles. The first-order valence-electron chi connectivity index (χ1n) is 7.25. The van der Waals surface area contributed by atoms with Crippen LogP contribution in [0.2, 0.25) is 0 Å². The topological polar surface area (TPSA) is 28.7 Å². The van der Waals surface area contributed by atoms with Crippen molar-refractivity contribution in [3.63, 3.8) is 0 Å². The van der Waals surface area contributed by atoms with Gasteiger partial charge in [0.25, 0.3) is 0 Å². The van der Waals surface area contributed by atoms with Gasteiger partial charge in [-0.15, -0.1) is 0 Å². The van der Waals surface area contributed by atoms with Crippen LogP contribution >= 0.6 is 15.9 Å². The standard InChI is InChI=1S/C17H19BrN2/c1-10(2)15(9-19)13-7-12-5-4-6-20-11(3)16(18)14(8-13)17(12)20/h7-8,10,15H,4-6H2,1-3H3. The predicted molar refractivity (Wildman–Crippen MR) is 85.9 cm³/mol. The van der Waals surface area contributed by atoms with Crippen LogP contribution in [0.1, 0.15) is 43.0 Å². The largest absolute Gasteiger partial charge is 0.343 e. The van der Waals surface area contributed by atoms with Crippen LogP contribution in [-0.2, 0) is 13.0 Å². The minimum absolute atomic E-state index is 0.0202. The zero-order valence-corrected chi connectivity index (χ0v) is 13.8. The molecule has 3 heteroatoms. The summed E-state index contributed by atoms with van der Waals surface area (Å²) in [6.45, 7) is 7.51. The second-order valence-electron chi connectivity index (χ2n) is 6.08. The molecule has 0 aliphatic carbocycles. The van der Waals surface area contributed by atoms with Crippen molar-refractivity contribution in [1.82, 2.24) is 4.57 Å². The Balaban J connectivity index is 2.30. The number of benzene rings is 1. The number of nitriles is 1. The molecule has 1 aromatic carbocycles. The Morgan fingerprint density at radius 3 is 2.75 bits per heavy atom. The number of hydrogen-bond donors (Lipinski definition) is 0. The van der Waals surface area contributed by atoms with Crippen molar-refractivity contribution in [2.75, 3.05) is 0 Å². The molecule has 0 radical (unpaired) electrons. The number of aryl methyl sites for hydroxylation is 2. The summed E-state index contributed by atoms with van der Waals surface area (Å²) in [5, 5.41) is 10.7. The van der Waals surface area contributed by atoms with Crippen molar-refractivity contribution in [2.45, 2.75) is 46.1 Å². The molecule has 1 unspecified atom stereocenters. The first-order valence-corrected chi connectivity index (χ1v) is 8.04. The summed E-state index contributed by atoms with van der Waals surface area (Å²) in [6.07, 6.45) is 2.31. The first-order chi connectivity index (χ1) is 9.54. The van der Waals surface area contributed by atoms with E-state index in [-0.39, 0.29) is 5.92 Å². The highest BCUT2D eigenvalue weighted by Gasteiger charge is 2.23. The van der Waals surface area contributed by atoms with Crippen molar-refractivity contribution in [2.24, 2.45) is 5.92 Å². The van der Waals surface area contributed by atoms with Gasteiger partial charge in [-0.3, -0.25) is 0 Å². The molecule has 20 heavy (non-hydrogen) atoms. The maximum absolute atomic E-state index is 9.46. The molecule has 0 saturated heterocycles. The molecule has 0 fully saturated rings. The van der Waals surface area contributed by atoms with E-state index in [0.717, 1.165) is 13.0 Å². The van der Waals surface area contributed by atoms with E-state index in [1.165, 1.54) is 38.6 Å². The molecule has 0 amide bonds. The molecule has 2 aromatic rings. The summed E-state index contributed by atoms with van der Waals surface area (Å²) in [4.78, 5) is 0. The fourth-order valence-corrected chi connectivity index (χ4v) is 3.89. The minimum atomic E-state index is -0.0202. The van der Waals surface area contributed by atoms with Crippen LogP contribution < -0.4 is 0 Å². The van der Waals surface area contributed by atoms with Crippen molar-refractivity contribution in [1.29, 1.82) is 5.26 Å². The van der Waals surface area contributed by atoms with Gasteiger partial charge in [-0.1, -0.05) is 19.9 Å². The van der Waals surface area contributed by atoms with Gasteiger partial charge in [0.1, 0.15) is 0 Å². The van der Waals surface area contributed by atoms with E-state index in [0.29, 0.717) is 5.92 Å². The van der Waals surface area contributed by atoms with Crippen LogP contribution in [0.25, 0.3) is 10.9 Å².